The summed E-state index contributed by atoms with van der Waals surface area (Å²) >= 11 is 0. The number of piperidine rings is 1. The normalized spacial score (nSPS) is 15.6. The van der Waals surface area contributed by atoms with E-state index in [1.165, 1.54) is 5.56 Å². The first kappa shape index (κ1) is 16.7. The number of carbonyl (C=O) groups excluding carboxylic acids is 1. The van der Waals surface area contributed by atoms with Crippen molar-refractivity contribution in [1.29, 1.82) is 0 Å². The number of hydrogen-bond donors (Lipinski definition) is 0. The Kier molecular flexibility index (Phi) is 4.18. The minimum atomic E-state index is 0.103. The minimum absolute atomic E-state index is 0.103. The molecule has 0 radical (unpaired) electrons. The van der Waals surface area contributed by atoms with Crippen LogP contribution in [0.1, 0.15) is 46.1 Å². The van der Waals surface area contributed by atoms with Crippen molar-refractivity contribution in [3.8, 4) is 0 Å². The molecule has 2 aromatic heterocycles. The molecule has 0 bridgehead atoms. The third-order valence-electron chi connectivity index (χ3n) is 5.47. The van der Waals surface area contributed by atoms with E-state index >= 15 is 0 Å². The highest BCUT2D eigenvalue weighted by Gasteiger charge is 2.26. The van der Waals surface area contributed by atoms with Crippen LogP contribution in [0.3, 0.4) is 0 Å². The van der Waals surface area contributed by atoms with Crippen molar-refractivity contribution in [2.75, 3.05) is 13.1 Å². The standard InChI is InChI=1S/C20H23N5O/c1-13-4-5-17-18(10-14(2)23-19(17)15(13)3)20(26)24-8-6-16(7-9-24)25-11-21-22-12-25/h4-5,10-12,16H,6-9H2,1-3H3. The number of benzene rings is 1. The summed E-state index contributed by atoms with van der Waals surface area (Å²) in [5, 5.41) is 8.72. The Labute approximate surface area is 152 Å². The molecule has 3 heterocycles. The van der Waals surface area contributed by atoms with Crippen molar-refractivity contribution in [1.82, 2.24) is 24.6 Å². The monoisotopic (exact) mass is 349 g/mol. The van der Waals surface area contributed by atoms with Crippen LogP contribution in [0.15, 0.2) is 30.9 Å². The number of carbonyl (C=O) groups is 1. The number of aromatic nitrogens is 4. The summed E-state index contributed by atoms with van der Waals surface area (Å²) in [4.78, 5) is 19.9. The van der Waals surface area contributed by atoms with Gasteiger partial charge in [-0.15, -0.1) is 10.2 Å². The van der Waals surface area contributed by atoms with Crippen molar-refractivity contribution in [2.24, 2.45) is 0 Å². The van der Waals surface area contributed by atoms with E-state index in [0.717, 1.165) is 53.7 Å². The van der Waals surface area contributed by atoms with Gasteiger partial charge in [0.2, 0.25) is 0 Å². The van der Waals surface area contributed by atoms with Crippen LogP contribution >= 0.6 is 0 Å². The molecule has 1 amide bonds. The zero-order chi connectivity index (χ0) is 18.3. The number of nitrogens with zero attached hydrogens (tertiary/aromatic N) is 5. The molecule has 26 heavy (non-hydrogen) atoms. The number of pyridine rings is 1. The maximum absolute atomic E-state index is 13.2. The Hall–Kier alpha value is -2.76. The minimum Gasteiger partial charge on any atom is -0.338 e. The molecule has 6 heteroatoms. The molecule has 6 nitrogen and oxygen atoms in total. The highest BCUT2D eigenvalue weighted by molar-refractivity contribution is 6.07. The largest absolute Gasteiger partial charge is 0.338 e. The molecule has 0 atom stereocenters. The molecule has 1 fully saturated rings. The van der Waals surface area contributed by atoms with Crippen LogP contribution in [0.4, 0.5) is 0 Å². The fourth-order valence-electron chi connectivity index (χ4n) is 3.77. The van der Waals surface area contributed by atoms with Gasteiger partial charge in [-0.3, -0.25) is 9.78 Å². The number of aryl methyl sites for hydroxylation is 3. The molecule has 3 aromatic rings. The molecule has 1 aromatic carbocycles. The van der Waals surface area contributed by atoms with Gasteiger partial charge in [-0.05, 0) is 50.8 Å². The highest BCUT2D eigenvalue weighted by Crippen LogP contribution is 2.27. The van der Waals surface area contributed by atoms with Gasteiger partial charge in [0.05, 0.1) is 11.1 Å². The van der Waals surface area contributed by atoms with Gasteiger partial charge in [-0.25, -0.2) is 0 Å². The zero-order valence-corrected chi connectivity index (χ0v) is 15.4. The van der Waals surface area contributed by atoms with E-state index in [-0.39, 0.29) is 5.91 Å². The number of rotatable bonds is 2. The molecule has 0 aliphatic carbocycles. The summed E-state index contributed by atoms with van der Waals surface area (Å²) in [7, 11) is 0. The maximum atomic E-state index is 13.2. The molecule has 1 saturated heterocycles. The van der Waals surface area contributed by atoms with Crippen molar-refractivity contribution in [3.63, 3.8) is 0 Å². The van der Waals surface area contributed by atoms with Crippen molar-refractivity contribution >= 4 is 16.8 Å². The number of hydrogen-bond acceptors (Lipinski definition) is 4. The average molecular weight is 349 g/mol. The Balaban J connectivity index is 1.62. The summed E-state index contributed by atoms with van der Waals surface area (Å²) in [6, 6.07) is 6.39. The molecular weight excluding hydrogens is 326 g/mol. The van der Waals surface area contributed by atoms with Crippen molar-refractivity contribution < 1.29 is 4.79 Å². The van der Waals surface area contributed by atoms with Crippen LogP contribution in [0.25, 0.3) is 10.9 Å². The second kappa shape index (κ2) is 6.52. The fourth-order valence-corrected chi connectivity index (χ4v) is 3.77. The lowest BCUT2D eigenvalue weighted by Gasteiger charge is -2.32. The highest BCUT2D eigenvalue weighted by atomic mass is 16.2. The number of likely N-dealkylation sites (tertiary alicyclic amines) is 1. The smallest absolute Gasteiger partial charge is 0.254 e. The van der Waals surface area contributed by atoms with Crippen molar-refractivity contribution in [2.45, 2.75) is 39.7 Å². The predicted octanol–water partition coefficient (Wildman–Crippen LogP) is 3.23. The molecule has 0 saturated carbocycles. The van der Waals surface area contributed by atoms with Gasteiger partial charge in [-0.1, -0.05) is 12.1 Å². The van der Waals surface area contributed by atoms with E-state index in [1.54, 1.807) is 12.7 Å². The maximum Gasteiger partial charge on any atom is 0.254 e. The van der Waals surface area contributed by atoms with Gasteiger partial charge < -0.3 is 9.47 Å². The summed E-state index contributed by atoms with van der Waals surface area (Å²) in [6.45, 7) is 7.60. The Morgan fingerprint density at radius 3 is 2.46 bits per heavy atom. The number of fused-ring (bicyclic) bond motifs is 1. The van der Waals surface area contributed by atoms with Crippen LogP contribution in [0.2, 0.25) is 0 Å². The van der Waals surface area contributed by atoms with Crippen molar-refractivity contribution in [3.05, 3.63) is 53.2 Å². The van der Waals surface area contributed by atoms with E-state index in [2.05, 4.69) is 35.1 Å². The van der Waals surface area contributed by atoms with Crippen LogP contribution < -0.4 is 0 Å². The molecule has 0 N–H and O–H groups in total. The first-order valence-corrected chi connectivity index (χ1v) is 9.05. The lowest BCUT2D eigenvalue weighted by atomic mass is 9.99. The predicted molar refractivity (Wildman–Crippen MR) is 100 cm³/mol. The molecule has 0 unspecified atom stereocenters. The van der Waals surface area contributed by atoms with Gasteiger partial charge in [0.25, 0.3) is 5.91 Å². The van der Waals surface area contributed by atoms with Crippen LogP contribution in [-0.2, 0) is 0 Å². The molecular formula is C20H23N5O. The Bertz CT molecular complexity index is 956. The van der Waals surface area contributed by atoms with E-state index in [0.29, 0.717) is 6.04 Å². The number of amides is 1. The first-order chi connectivity index (χ1) is 12.5. The topological polar surface area (TPSA) is 63.9 Å². The molecule has 134 valence electrons. The first-order valence-electron chi connectivity index (χ1n) is 9.05. The second-order valence-corrected chi connectivity index (χ2v) is 7.15. The third kappa shape index (κ3) is 2.85. The van der Waals surface area contributed by atoms with E-state index < -0.39 is 0 Å². The van der Waals surface area contributed by atoms with Crippen LogP contribution in [0, 0.1) is 20.8 Å². The Morgan fingerprint density at radius 1 is 1.08 bits per heavy atom. The van der Waals surface area contributed by atoms with Gasteiger partial charge in [0.15, 0.2) is 0 Å². The van der Waals surface area contributed by atoms with Gasteiger partial charge >= 0.3 is 0 Å². The molecule has 1 aliphatic heterocycles. The van der Waals surface area contributed by atoms with E-state index in [1.807, 2.05) is 28.5 Å². The van der Waals surface area contributed by atoms with Gasteiger partial charge in [-0.2, -0.15) is 0 Å². The Morgan fingerprint density at radius 2 is 1.77 bits per heavy atom. The summed E-state index contributed by atoms with van der Waals surface area (Å²) in [6.07, 6.45) is 5.35. The van der Waals surface area contributed by atoms with E-state index in [9.17, 15) is 4.79 Å². The third-order valence-corrected chi connectivity index (χ3v) is 5.47. The van der Waals surface area contributed by atoms with Crippen LogP contribution in [-0.4, -0.2) is 43.6 Å². The second-order valence-electron chi connectivity index (χ2n) is 7.15. The van der Waals surface area contributed by atoms with Crippen LogP contribution in [0.5, 0.6) is 0 Å². The SMILES string of the molecule is Cc1cc(C(=O)N2CCC(n3cnnc3)CC2)c2ccc(C)c(C)c2n1. The fraction of sp³-hybridized carbons (Fsp3) is 0.400. The quantitative estimate of drug-likeness (QED) is 0.712. The zero-order valence-electron chi connectivity index (χ0n) is 15.4. The summed E-state index contributed by atoms with van der Waals surface area (Å²) in [5.41, 5.74) is 4.93. The molecule has 1 aliphatic rings. The van der Waals surface area contributed by atoms with E-state index in [4.69, 9.17) is 0 Å². The summed E-state index contributed by atoms with van der Waals surface area (Å²) < 4.78 is 2.04. The lowest BCUT2D eigenvalue weighted by Crippen LogP contribution is -2.39. The van der Waals surface area contributed by atoms with Gasteiger partial charge in [0, 0.05) is 30.2 Å². The molecule has 0 spiro atoms. The molecule has 4 rings (SSSR count). The average Bonchev–Trinajstić information content (AvgIpc) is 3.19. The lowest BCUT2D eigenvalue weighted by molar-refractivity contribution is 0.0696. The summed E-state index contributed by atoms with van der Waals surface area (Å²) in [5.74, 6) is 0.103. The van der Waals surface area contributed by atoms with Gasteiger partial charge in [0.1, 0.15) is 12.7 Å².